The van der Waals surface area contributed by atoms with Crippen molar-refractivity contribution in [1.29, 1.82) is 0 Å². The second-order valence-electron chi connectivity index (χ2n) is 9.89. The Morgan fingerprint density at radius 2 is 2.03 bits per heavy atom. The smallest absolute Gasteiger partial charge is 0.271 e. The number of nitrogens with zero attached hydrogens (tertiary/aromatic N) is 2. The fraction of sp³-hybridized carbons (Fsp3) is 0.462. The molecule has 3 aromatic rings. The molecule has 1 fully saturated rings. The molecule has 2 aliphatic rings. The fourth-order valence-corrected chi connectivity index (χ4v) is 5.43. The third kappa shape index (κ3) is 3.54. The van der Waals surface area contributed by atoms with Gasteiger partial charge in [-0.3, -0.25) is 9.59 Å². The molecular formula is C26H30FN3O3. The zero-order valence-electron chi connectivity index (χ0n) is 19.3. The number of nitrogens with one attached hydrogen (secondary N) is 1. The summed E-state index contributed by atoms with van der Waals surface area (Å²) in [4.78, 5) is 29.1. The van der Waals surface area contributed by atoms with Crippen LogP contribution in [-0.4, -0.2) is 32.9 Å². The topological polar surface area (TPSA) is 67.5 Å². The molecule has 1 saturated carbocycles. The average Bonchev–Trinajstić information content (AvgIpc) is 3.38. The number of benzene rings is 1. The van der Waals surface area contributed by atoms with Gasteiger partial charge in [0.1, 0.15) is 17.1 Å². The van der Waals surface area contributed by atoms with E-state index in [9.17, 15) is 14.0 Å². The molecule has 33 heavy (non-hydrogen) atoms. The van der Waals surface area contributed by atoms with E-state index >= 15 is 0 Å². The summed E-state index contributed by atoms with van der Waals surface area (Å²) in [6.07, 6.45) is 4.74. The van der Waals surface area contributed by atoms with Crippen molar-refractivity contribution in [2.75, 3.05) is 0 Å². The molecule has 1 aliphatic heterocycles. The predicted octanol–water partition coefficient (Wildman–Crippen LogP) is 4.73. The Labute approximate surface area is 192 Å². The predicted molar refractivity (Wildman–Crippen MR) is 123 cm³/mol. The SMILES string of the molecule is C[C@@H]1[C@H](C)CCC[C@@H]1NC(=O)[C@@]1(C)Cn2c(cc3occc32)C(=O)N1Cc1ccccc1F. The van der Waals surface area contributed by atoms with Crippen molar-refractivity contribution >= 4 is 22.9 Å². The van der Waals surface area contributed by atoms with Crippen LogP contribution in [0.15, 0.2) is 47.1 Å². The second-order valence-corrected chi connectivity index (χ2v) is 9.89. The first-order valence-electron chi connectivity index (χ1n) is 11.7. The highest BCUT2D eigenvalue weighted by Gasteiger charge is 2.49. The highest BCUT2D eigenvalue weighted by molar-refractivity contribution is 6.02. The Morgan fingerprint density at radius 1 is 1.24 bits per heavy atom. The Bertz CT molecular complexity index is 1210. The molecule has 1 N–H and O–H groups in total. The lowest BCUT2D eigenvalue weighted by atomic mass is 9.77. The lowest BCUT2D eigenvalue weighted by molar-refractivity contribution is -0.134. The van der Waals surface area contributed by atoms with Gasteiger partial charge in [0, 0.05) is 23.7 Å². The molecule has 7 heteroatoms. The van der Waals surface area contributed by atoms with Crippen molar-refractivity contribution in [1.82, 2.24) is 14.8 Å². The molecular weight excluding hydrogens is 421 g/mol. The van der Waals surface area contributed by atoms with Gasteiger partial charge in [-0.2, -0.15) is 0 Å². The fourth-order valence-electron chi connectivity index (χ4n) is 5.43. The third-order valence-corrected chi connectivity index (χ3v) is 7.85. The normalized spacial score (nSPS) is 27.6. The molecule has 5 rings (SSSR count). The van der Waals surface area contributed by atoms with Crippen LogP contribution in [0.3, 0.4) is 0 Å². The van der Waals surface area contributed by atoms with E-state index in [0.717, 1.165) is 24.8 Å². The number of hydrogen-bond donors (Lipinski definition) is 1. The molecule has 0 unspecified atom stereocenters. The second kappa shape index (κ2) is 8.04. The van der Waals surface area contributed by atoms with Gasteiger partial charge in [0.15, 0.2) is 5.58 Å². The summed E-state index contributed by atoms with van der Waals surface area (Å²) in [5.41, 5.74) is 1.03. The zero-order chi connectivity index (χ0) is 23.3. The Balaban J connectivity index is 1.54. The maximum Gasteiger partial charge on any atom is 0.271 e. The van der Waals surface area contributed by atoms with Gasteiger partial charge in [-0.05, 0) is 31.2 Å². The van der Waals surface area contributed by atoms with Gasteiger partial charge in [0.05, 0.1) is 24.9 Å². The molecule has 6 nitrogen and oxygen atoms in total. The van der Waals surface area contributed by atoms with E-state index in [0.29, 0.717) is 28.7 Å². The first-order valence-corrected chi connectivity index (χ1v) is 11.7. The largest absolute Gasteiger partial charge is 0.463 e. The maximum absolute atomic E-state index is 14.5. The van der Waals surface area contributed by atoms with Crippen molar-refractivity contribution in [3.05, 3.63) is 59.7 Å². The molecule has 0 bridgehead atoms. The van der Waals surface area contributed by atoms with Crippen LogP contribution in [-0.2, 0) is 17.9 Å². The summed E-state index contributed by atoms with van der Waals surface area (Å²) >= 11 is 0. The number of fused-ring (bicyclic) bond motifs is 3. The van der Waals surface area contributed by atoms with Crippen molar-refractivity contribution in [2.45, 2.75) is 64.7 Å². The molecule has 1 aliphatic carbocycles. The molecule has 3 heterocycles. The first kappa shape index (κ1) is 21.7. The number of hydrogen-bond acceptors (Lipinski definition) is 3. The molecule has 1 aromatic carbocycles. The van der Waals surface area contributed by atoms with Crippen molar-refractivity contribution in [2.24, 2.45) is 11.8 Å². The number of carbonyl (C=O) groups excluding carboxylic acids is 2. The lowest BCUT2D eigenvalue weighted by Gasteiger charge is -2.45. The van der Waals surface area contributed by atoms with Gasteiger partial charge in [0.25, 0.3) is 5.91 Å². The molecule has 0 spiro atoms. The van der Waals surface area contributed by atoms with Crippen molar-refractivity contribution < 1.29 is 18.4 Å². The van der Waals surface area contributed by atoms with E-state index in [4.69, 9.17) is 4.42 Å². The van der Waals surface area contributed by atoms with Crippen LogP contribution in [0, 0.1) is 17.7 Å². The molecule has 2 aromatic heterocycles. The van der Waals surface area contributed by atoms with Gasteiger partial charge < -0.3 is 19.2 Å². The Hall–Kier alpha value is -3.09. The maximum atomic E-state index is 14.5. The van der Waals surface area contributed by atoms with Gasteiger partial charge >= 0.3 is 0 Å². The molecule has 174 valence electrons. The summed E-state index contributed by atoms with van der Waals surface area (Å²) in [7, 11) is 0. The van der Waals surface area contributed by atoms with Crippen LogP contribution in [0.5, 0.6) is 0 Å². The van der Waals surface area contributed by atoms with E-state index in [2.05, 4.69) is 19.2 Å². The van der Waals surface area contributed by atoms with Crippen LogP contribution in [0.1, 0.15) is 56.1 Å². The van der Waals surface area contributed by atoms with E-state index in [1.54, 1.807) is 37.5 Å². The summed E-state index contributed by atoms with van der Waals surface area (Å²) in [5.74, 6) is -0.0143. The summed E-state index contributed by atoms with van der Waals surface area (Å²) < 4.78 is 21.9. The van der Waals surface area contributed by atoms with E-state index in [1.807, 2.05) is 10.6 Å². The average molecular weight is 452 g/mol. The zero-order valence-corrected chi connectivity index (χ0v) is 19.3. The minimum atomic E-state index is -1.18. The number of halogens is 1. The Morgan fingerprint density at radius 3 is 2.82 bits per heavy atom. The highest BCUT2D eigenvalue weighted by atomic mass is 19.1. The number of furan rings is 1. The van der Waals surface area contributed by atoms with Crippen LogP contribution < -0.4 is 5.32 Å². The number of amides is 2. The molecule has 2 amide bonds. The summed E-state index contributed by atoms with van der Waals surface area (Å²) in [5, 5.41) is 3.26. The van der Waals surface area contributed by atoms with E-state index in [-0.39, 0.29) is 30.9 Å². The monoisotopic (exact) mass is 451 g/mol. The van der Waals surface area contributed by atoms with Gasteiger partial charge in [-0.1, -0.05) is 44.9 Å². The summed E-state index contributed by atoms with van der Waals surface area (Å²) in [6, 6.07) is 9.96. The van der Waals surface area contributed by atoms with E-state index < -0.39 is 11.4 Å². The number of aromatic nitrogens is 1. The van der Waals surface area contributed by atoms with Crippen LogP contribution in [0.25, 0.3) is 11.1 Å². The Kier molecular flexibility index (Phi) is 5.30. The quantitative estimate of drug-likeness (QED) is 0.624. The number of carbonyl (C=O) groups is 2. The van der Waals surface area contributed by atoms with E-state index in [1.165, 1.54) is 11.0 Å². The van der Waals surface area contributed by atoms with Gasteiger partial charge in [0.2, 0.25) is 5.91 Å². The van der Waals surface area contributed by atoms with Crippen LogP contribution in [0.2, 0.25) is 0 Å². The molecule has 0 saturated heterocycles. The van der Waals surface area contributed by atoms with Crippen LogP contribution in [0.4, 0.5) is 4.39 Å². The summed E-state index contributed by atoms with van der Waals surface area (Å²) in [6.45, 7) is 6.47. The highest BCUT2D eigenvalue weighted by Crippen LogP contribution is 2.35. The van der Waals surface area contributed by atoms with Gasteiger partial charge in [-0.25, -0.2) is 4.39 Å². The number of rotatable bonds is 4. The third-order valence-electron chi connectivity index (χ3n) is 7.85. The first-order chi connectivity index (χ1) is 15.8. The van der Waals surface area contributed by atoms with Crippen LogP contribution >= 0.6 is 0 Å². The van der Waals surface area contributed by atoms with Crippen molar-refractivity contribution in [3.63, 3.8) is 0 Å². The standard InChI is InChI=1S/C26H30FN3O3/c1-16-7-6-10-20(17(16)2)28-25(32)26(3)15-29-21-11-12-33-23(21)13-22(29)24(31)30(26)14-18-8-4-5-9-19(18)27/h4-5,8-9,11-13,16-17,20H,6-7,10,14-15H2,1-3H3,(H,28,32)/t16-,17-,20+,26-/m1/s1. The minimum absolute atomic E-state index is 0.0125. The molecule has 0 radical (unpaired) electrons. The lowest BCUT2D eigenvalue weighted by Crippen LogP contribution is -2.65. The van der Waals surface area contributed by atoms with Crippen molar-refractivity contribution in [3.8, 4) is 0 Å². The molecule has 4 atom stereocenters. The van der Waals surface area contributed by atoms with Gasteiger partial charge in [-0.15, -0.1) is 0 Å². The minimum Gasteiger partial charge on any atom is -0.463 e.